The van der Waals surface area contributed by atoms with Crippen molar-refractivity contribution < 1.29 is 8.42 Å². The third-order valence-electron chi connectivity index (χ3n) is 4.00. The van der Waals surface area contributed by atoms with Crippen molar-refractivity contribution in [1.29, 1.82) is 0 Å². The van der Waals surface area contributed by atoms with Crippen LogP contribution in [0.4, 0.5) is 5.82 Å². The summed E-state index contributed by atoms with van der Waals surface area (Å²) in [6.45, 7) is 4.77. The van der Waals surface area contributed by atoms with Crippen molar-refractivity contribution in [2.75, 3.05) is 10.8 Å². The van der Waals surface area contributed by atoms with Gasteiger partial charge in [-0.25, -0.2) is 17.7 Å². The Morgan fingerprint density at radius 1 is 1.45 bits per heavy atom. The highest BCUT2D eigenvalue weighted by molar-refractivity contribution is 7.96. The Morgan fingerprint density at radius 2 is 2.25 bits per heavy atom. The Balaban J connectivity index is 2.09. The van der Waals surface area contributed by atoms with Crippen LogP contribution >= 0.6 is 0 Å². The zero-order chi connectivity index (χ0) is 14.4. The van der Waals surface area contributed by atoms with Crippen LogP contribution in [0.25, 0.3) is 0 Å². The van der Waals surface area contributed by atoms with Crippen molar-refractivity contribution >= 4 is 15.8 Å². The van der Waals surface area contributed by atoms with E-state index in [-0.39, 0.29) is 6.04 Å². The number of aromatic nitrogens is 1. The standard InChI is InChI=1S/C14H19N3O2S/c1-11-4-3-5-13(16-11)17-14(7-9-20(17,18)19)6-8-15-12(2)10-14/h3-5,7,9,12,15H,6,8,10H2,1-2H3. The number of nitrogens with one attached hydrogen (secondary N) is 1. The average Bonchev–Trinajstić information content (AvgIpc) is 2.60. The smallest absolute Gasteiger partial charge is 0.259 e. The summed E-state index contributed by atoms with van der Waals surface area (Å²) in [7, 11) is -3.43. The fraction of sp³-hybridized carbons (Fsp3) is 0.500. The number of anilines is 1. The summed E-state index contributed by atoms with van der Waals surface area (Å²) in [6, 6.07) is 5.78. The number of hydrogen-bond donors (Lipinski definition) is 1. The summed E-state index contributed by atoms with van der Waals surface area (Å²) >= 11 is 0. The number of rotatable bonds is 1. The van der Waals surface area contributed by atoms with E-state index in [2.05, 4.69) is 17.2 Å². The lowest BCUT2D eigenvalue weighted by molar-refractivity contribution is 0.320. The van der Waals surface area contributed by atoms with Crippen LogP contribution in [0.5, 0.6) is 0 Å². The van der Waals surface area contributed by atoms with Gasteiger partial charge >= 0.3 is 0 Å². The zero-order valence-electron chi connectivity index (χ0n) is 11.7. The van der Waals surface area contributed by atoms with Gasteiger partial charge in [0, 0.05) is 17.1 Å². The summed E-state index contributed by atoms with van der Waals surface area (Å²) < 4.78 is 26.4. The molecule has 1 fully saturated rings. The molecule has 2 atom stereocenters. The van der Waals surface area contributed by atoms with Crippen LogP contribution in [0.2, 0.25) is 0 Å². The molecule has 2 aliphatic rings. The van der Waals surface area contributed by atoms with Crippen LogP contribution in [-0.4, -0.2) is 31.5 Å². The minimum atomic E-state index is -3.43. The van der Waals surface area contributed by atoms with Crippen molar-refractivity contribution in [3.8, 4) is 0 Å². The fourth-order valence-corrected chi connectivity index (χ4v) is 4.81. The van der Waals surface area contributed by atoms with E-state index in [1.165, 1.54) is 9.71 Å². The highest BCUT2D eigenvalue weighted by atomic mass is 32.2. The molecule has 5 nitrogen and oxygen atoms in total. The molecule has 2 unspecified atom stereocenters. The van der Waals surface area contributed by atoms with Gasteiger partial charge in [-0.2, -0.15) is 0 Å². The second-order valence-corrected chi connectivity index (χ2v) is 7.33. The van der Waals surface area contributed by atoms with E-state index in [9.17, 15) is 8.42 Å². The van der Waals surface area contributed by atoms with Gasteiger partial charge in [-0.1, -0.05) is 6.07 Å². The summed E-state index contributed by atoms with van der Waals surface area (Å²) in [5.74, 6) is 0.518. The molecule has 0 amide bonds. The van der Waals surface area contributed by atoms with E-state index in [0.717, 1.165) is 25.1 Å². The number of aryl methyl sites for hydroxylation is 1. The van der Waals surface area contributed by atoms with Crippen LogP contribution in [0.15, 0.2) is 29.7 Å². The molecule has 1 aromatic rings. The first kappa shape index (κ1) is 13.6. The second kappa shape index (κ2) is 4.56. The molecule has 3 heterocycles. The first-order chi connectivity index (χ1) is 9.43. The highest BCUT2D eigenvalue weighted by Gasteiger charge is 2.48. The van der Waals surface area contributed by atoms with Gasteiger partial charge in [0.2, 0.25) is 0 Å². The van der Waals surface area contributed by atoms with E-state index in [4.69, 9.17) is 0 Å². The molecule has 0 aromatic carbocycles. The van der Waals surface area contributed by atoms with Crippen LogP contribution < -0.4 is 9.62 Å². The van der Waals surface area contributed by atoms with Gasteiger partial charge in [0.05, 0.1) is 5.54 Å². The van der Waals surface area contributed by atoms with E-state index in [1.54, 1.807) is 6.07 Å². The number of sulfonamides is 1. The number of hydrogen-bond acceptors (Lipinski definition) is 4. The van der Waals surface area contributed by atoms with Crippen molar-refractivity contribution in [3.63, 3.8) is 0 Å². The average molecular weight is 293 g/mol. The summed E-state index contributed by atoms with van der Waals surface area (Å²) in [5, 5.41) is 4.70. The first-order valence-electron chi connectivity index (χ1n) is 6.85. The maximum Gasteiger partial charge on any atom is 0.259 e. The predicted octanol–water partition coefficient (Wildman–Crippen LogP) is 1.56. The Kier molecular flexibility index (Phi) is 3.10. The molecule has 1 saturated heterocycles. The summed E-state index contributed by atoms with van der Waals surface area (Å²) in [5.41, 5.74) is 0.353. The van der Waals surface area contributed by atoms with Crippen LogP contribution in [0, 0.1) is 6.92 Å². The predicted molar refractivity (Wildman–Crippen MR) is 78.9 cm³/mol. The van der Waals surface area contributed by atoms with Crippen LogP contribution in [0.3, 0.4) is 0 Å². The monoisotopic (exact) mass is 293 g/mol. The molecule has 0 aliphatic carbocycles. The van der Waals surface area contributed by atoms with Gasteiger partial charge in [-0.3, -0.25) is 0 Å². The molecule has 3 rings (SSSR count). The quantitative estimate of drug-likeness (QED) is 0.853. The van der Waals surface area contributed by atoms with E-state index in [0.29, 0.717) is 5.82 Å². The molecule has 1 aromatic heterocycles. The Morgan fingerprint density at radius 3 is 2.95 bits per heavy atom. The molecule has 0 saturated carbocycles. The third-order valence-corrected chi connectivity index (χ3v) is 5.54. The first-order valence-corrected chi connectivity index (χ1v) is 8.35. The lowest BCUT2D eigenvalue weighted by Gasteiger charge is -2.42. The Labute approximate surface area is 119 Å². The highest BCUT2D eigenvalue weighted by Crippen LogP contribution is 2.40. The molecular formula is C14H19N3O2S. The topological polar surface area (TPSA) is 62.3 Å². The van der Waals surface area contributed by atoms with E-state index < -0.39 is 15.6 Å². The zero-order valence-corrected chi connectivity index (χ0v) is 12.5. The molecule has 0 radical (unpaired) electrons. The maximum absolute atomic E-state index is 12.4. The second-order valence-electron chi connectivity index (χ2n) is 5.66. The molecular weight excluding hydrogens is 274 g/mol. The van der Waals surface area contributed by atoms with Crippen LogP contribution in [-0.2, 0) is 10.0 Å². The van der Waals surface area contributed by atoms with Gasteiger partial charge in [0.15, 0.2) is 0 Å². The summed E-state index contributed by atoms with van der Waals surface area (Å²) in [6.07, 6.45) is 3.37. The number of pyridine rings is 1. The molecule has 1 spiro atoms. The Bertz CT molecular complexity index is 656. The minimum Gasteiger partial charge on any atom is -0.314 e. The molecule has 1 N–H and O–H groups in total. The SMILES string of the molecule is Cc1cccc(N2C3(C=CS2(=O)=O)CCNC(C)C3)n1. The van der Waals surface area contributed by atoms with Crippen molar-refractivity contribution in [2.45, 2.75) is 38.3 Å². The normalized spacial score (nSPS) is 31.9. The maximum atomic E-state index is 12.4. The third kappa shape index (κ3) is 2.13. The molecule has 108 valence electrons. The molecule has 2 aliphatic heterocycles. The van der Waals surface area contributed by atoms with Crippen molar-refractivity contribution in [2.24, 2.45) is 0 Å². The molecule has 20 heavy (non-hydrogen) atoms. The minimum absolute atomic E-state index is 0.286. The van der Waals surface area contributed by atoms with Gasteiger partial charge in [-0.15, -0.1) is 0 Å². The Hall–Kier alpha value is -1.40. The lowest BCUT2D eigenvalue weighted by atomic mass is 9.85. The van der Waals surface area contributed by atoms with Crippen molar-refractivity contribution in [3.05, 3.63) is 35.4 Å². The number of nitrogens with zero attached hydrogens (tertiary/aromatic N) is 2. The summed E-state index contributed by atoms with van der Waals surface area (Å²) in [4.78, 5) is 4.41. The molecule has 0 bridgehead atoms. The largest absolute Gasteiger partial charge is 0.314 e. The van der Waals surface area contributed by atoms with Gasteiger partial charge in [-0.05, 0) is 51.4 Å². The van der Waals surface area contributed by atoms with Crippen molar-refractivity contribution in [1.82, 2.24) is 10.3 Å². The van der Waals surface area contributed by atoms with E-state index in [1.807, 2.05) is 25.1 Å². The van der Waals surface area contributed by atoms with Gasteiger partial charge < -0.3 is 5.32 Å². The van der Waals surface area contributed by atoms with Crippen LogP contribution in [0.1, 0.15) is 25.5 Å². The fourth-order valence-electron chi connectivity index (χ4n) is 3.17. The lowest BCUT2D eigenvalue weighted by Crippen LogP contribution is -2.55. The molecule has 6 heteroatoms. The van der Waals surface area contributed by atoms with Gasteiger partial charge in [0.1, 0.15) is 5.82 Å². The van der Waals surface area contributed by atoms with E-state index >= 15 is 0 Å². The van der Waals surface area contributed by atoms with Gasteiger partial charge in [0.25, 0.3) is 10.0 Å². The number of piperidine rings is 1.